The van der Waals surface area contributed by atoms with Crippen LogP contribution in [0.1, 0.15) is 56.4 Å². The van der Waals surface area contributed by atoms with Gasteiger partial charge < -0.3 is 9.47 Å². The summed E-state index contributed by atoms with van der Waals surface area (Å²) in [6.45, 7) is 4.37. The van der Waals surface area contributed by atoms with E-state index in [4.69, 9.17) is 9.47 Å². The second-order valence-corrected chi connectivity index (χ2v) is 9.35. The molecule has 1 aliphatic rings. The Balaban J connectivity index is 1.43. The van der Waals surface area contributed by atoms with Crippen molar-refractivity contribution in [2.75, 3.05) is 13.3 Å². The van der Waals surface area contributed by atoms with Crippen LogP contribution in [0, 0.1) is 0 Å². The fourth-order valence-electron chi connectivity index (χ4n) is 3.49. The second-order valence-electron chi connectivity index (χ2n) is 8.20. The number of aromatic nitrogens is 1. The van der Waals surface area contributed by atoms with Crippen molar-refractivity contribution < 1.29 is 23.9 Å². The lowest BCUT2D eigenvalue weighted by atomic mass is 10.1. The second kappa shape index (κ2) is 13.1. The number of aryl methyl sites for hydroxylation is 1. The SMILES string of the molecule is CCCCCC(=O)OCN1C(=O)SC(Cc2ccc(OCCc3ccc(CC)cn3)cc2)C1=O. The molecule has 3 rings (SSSR count). The highest BCUT2D eigenvalue weighted by atomic mass is 32.2. The zero-order valence-corrected chi connectivity index (χ0v) is 20.6. The molecule has 8 heteroatoms. The van der Waals surface area contributed by atoms with Crippen molar-refractivity contribution in [1.82, 2.24) is 9.88 Å². The third kappa shape index (κ3) is 7.58. The predicted octanol–water partition coefficient (Wildman–Crippen LogP) is 4.95. The molecule has 0 bridgehead atoms. The third-order valence-corrected chi connectivity index (χ3v) is 6.68. The number of amides is 2. The lowest BCUT2D eigenvalue weighted by Gasteiger charge is -2.14. The van der Waals surface area contributed by atoms with Crippen molar-refractivity contribution in [3.05, 3.63) is 59.4 Å². The number of benzene rings is 1. The summed E-state index contributed by atoms with van der Waals surface area (Å²) in [6.07, 6.45) is 7.02. The van der Waals surface area contributed by atoms with Gasteiger partial charge in [-0.1, -0.05) is 56.7 Å². The highest BCUT2D eigenvalue weighted by Gasteiger charge is 2.40. The van der Waals surface area contributed by atoms with Gasteiger partial charge in [0.15, 0.2) is 6.73 Å². The molecule has 1 aliphatic heterocycles. The summed E-state index contributed by atoms with van der Waals surface area (Å²) in [4.78, 5) is 42.1. The van der Waals surface area contributed by atoms with E-state index in [0.717, 1.165) is 65.8 Å². The first-order valence-electron chi connectivity index (χ1n) is 11.8. The lowest BCUT2D eigenvalue weighted by Crippen LogP contribution is -2.35. The largest absolute Gasteiger partial charge is 0.493 e. The molecule has 1 aromatic heterocycles. The average Bonchev–Trinajstić information content (AvgIpc) is 3.11. The molecule has 1 unspecified atom stereocenters. The molecular weight excluding hydrogens is 452 g/mol. The van der Waals surface area contributed by atoms with Crippen LogP contribution in [-0.2, 0) is 33.6 Å². The van der Waals surface area contributed by atoms with Gasteiger partial charge in [0.25, 0.3) is 5.24 Å². The summed E-state index contributed by atoms with van der Waals surface area (Å²) >= 11 is 0.976. The van der Waals surface area contributed by atoms with Gasteiger partial charge in [0.05, 0.1) is 11.9 Å². The van der Waals surface area contributed by atoms with Crippen molar-refractivity contribution in [2.45, 2.75) is 64.0 Å². The number of esters is 1. The van der Waals surface area contributed by atoms with Gasteiger partial charge in [-0.3, -0.25) is 19.4 Å². The number of carbonyl (C=O) groups is 3. The van der Waals surface area contributed by atoms with Gasteiger partial charge in [0.2, 0.25) is 5.91 Å². The van der Waals surface area contributed by atoms with Crippen molar-refractivity contribution in [1.29, 1.82) is 0 Å². The van der Waals surface area contributed by atoms with Crippen LogP contribution in [0.5, 0.6) is 5.75 Å². The minimum Gasteiger partial charge on any atom is -0.493 e. The summed E-state index contributed by atoms with van der Waals surface area (Å²) in [6, 6.07) is 11.6. The number of nitrogens with zero attached hydrogens (tertiary/aromatic N) is 2. The van der Waals surface area contributed by atoms with Gasteiger partial charge in [-0.05, 0) is 48.6 Å². The Morgan fingerprint density at radius 3 is 2.50 bits per heavy atom. The standard InChI is InChI=1S/C26H32N2O5S/c1-3-5-6-7-24(29)33-18-28-25(30)23(34-26(28)31)16-20-9-12-22(13-10-20)32-15-14-21-11-8-19(4-2)17-27-21/h8-13,17,23H,3-7,14-16,18H2,1-2H3. The first-order valence-corrected chi connectivity index (χ1v) is 12.7. The van der Waals surface area contributed by atoms with Crippen molar-refractivity contribution in [3.63, 3.8) is 0 Å². The van der Waals surface area contributed by atoms with Crippen LogP contribution >= 0.6 is 11.8 Å². The van der Waals surface area contributed by atoms with E-state index >= 15 is 0 Å². The molecule has 2 amide bonds. The average molecular weight is 485 g/mol. The van der Waals surface area contributed by atoms with Crippen LogP contribution in [0.25, 0.3) is 0 Å². The number of thioether (sulfide) groups is 1. The highest BCUT2D eigenvalue weighted by molar-refractivity contribution is 8.15. The van der Waals surface area contributed by atoms with Gasteiger partial charge in [-0.2, -0.15) is 0 Å². The number of hydrogen-bond donors (Lipinski definition) is 0. The molecule has 0 spiro atoms. The number of ether oxygens (including phenoxy) is 2. The Labute approximate surface area is 205 Å². The van der Waals surface area contributed by atoms with E-state index in [1.165, 1.54) is 5.56 Å². The maximum absolute atomic E-state index is 12.6. The fourth-order valence-corrected chi connectivity index (χ4v) is 4.51. The molecule has 2 heterocycles. The molecule has 1 saturated heterocycles. The Morgan fingerprint density at radius 1 is 1.06 bits per heavy atom. The first-order chi connectivity index (χ1) is 16.5. The summed E-state index contributed by atoms with van der Waals surface area (Å²) in [7, 11) is 0. The molecule has 1 fully saturated rings. The number of hydrogen-bond acceptors (Lipinski definition) is 7. The fraction of sp³-hybridized carbons (Fsp3) is 0.462. The Hall–Kier alpha value is -2.87. The van der Waals surface area contributed by atoms with Gasteiger partial charge in [0, 0.05) is 24.7 Å². The number of pyridine rings is 1. The van der Waals surface area contributed by atoms with E-state index in [2.05, 4.69) is 24.9 Å². The summed E-state index contributed by atoms with van der Waals surface area (Å²) in [5.74, 6) is 0.0390. The molecule has 1 atom stereocenters. The van der Waals surface area contributed by atoms with Crippen molar-refractivity contribution >= 4 is 28.9 Å². The molecule has 0 N–H and O–H groups in total. The molecule has 2 aromatic rings. The molecule has 182 valence electrons. The summed E-state index contributed by atoms with van der Waals surface area (Å²) in [5.41, 5.74) is 3.14. The lowest BCUT2D eigenvalue weighted by molar-refractivity contribution is -0.149. The van der Waals surface area contributed by atoms with Crippen LogP contribution < -0.4 is 4.74 Å². The van der Waals surface area contributed by atoms with E-state index in [9.17, 15) is 14.4 Å². The van der Waals surface area contributed by atoms with Crippen LogP contribution in [0.4, 0.5) is 4.79 Å². The van der Waals surface area contributed by atoms with E-state index in [0.29, 0.717) is 19.4 Å². The quantitative estimate of drug-likeness (QED) is 0.294. The Morgan fingerprint density at radius 2 is 1.82 bits per heavy atom. The highest BCUT2D eigenvalue weighted by Crippen LogP contribution is 2.30. The monoisotopic (exact) mass is 484 g/mol. The normalized spacial score (nSPS) is 15.6. The predicted molar refractivity (Wildman–Crippen MR) is 132 cm³/mol. The van der Waals surface area contributed by atoms with E-state index in [-0.39, 0.29) is 23.8 Å². The first kappa shape index (κ1) is 25.7. The summed E-state index contributed by atoms with van der Waals surface area (Å²) < 4.78 is 10.9. The number of imide groups is 1. The van der Waals surface area contributed by atoms with Crippen LogP contribution in [-0.4, -0.2) is 45.6 Å². The van der Waals surface area contributed by atoms with E-state index in [1.807, 2.05) is 36.5 Å². The van der Waals surface area contributed by atoms with E-state index in [1.54, 1.807) is 0 Å². The number of carbonyl (C=O) groups excluding carboxylic acids is 3. The molecule has 1 aromatic carbocycles. The van der Waals surface area contributed by atoms with Gasteiger partial charge in [-0.15, -0.1) is 0 Å². The maximum Gasteiger partial charge on any atom is 0.307 e. The third-order valence-electron chi connectivity index (χ3n) is 5.61. The Bertz CT molecular complexity index is 962. The Kier molecular flexibility index (Phi) is 9.94. The number of unbranched alkanes of at least 4 members (excludes halogenated alkanes) is 2. The van der Waals surface area contributed by atoms with Gasteiger partial charge in [-0.25, -0.2) is 4.90 Å². The topological polar surface area (TPSA) is 85.8 Å². The van der Waals surface area contributed by atoms with Crippen molar-refractivity contribution in [2.24, 2.45) is 0 Å². The zero-order valence-electron chi connectivity index (χ0n) is 19.8. The molecule has 0 aliphatic carbocycles. The smallest absolute Gasteiger partial charge is 0.307 e. The van der Waals surface area contributed by atoms with Gasteiger partial charge in [0.1, 0.15) is 5.75 Å². The minimum absolute atomic E-state index is 0.302. The minimum atomic E-state index is -0.518. The molecule has 0 radical (unpaired) electrons. The number of rotatable bonds is 13. The zero-order chi connectivity index (χ0) is 24.3. The maximum atomic E-state index is 12.6. The van der Waals surface area contributed by atoms with Gasteiger partial charge >= 0.3 is 5.97 Å². The van der Waals surface area contributed by atoms with Crippen LogP contribution in [0.15, 0.2) is 42.6 Å². The molecule has 7 nitrogen and oxygen atoms in total. The molecule has 0 saturated carbocycles. The van der Waals surface area contributed by atoms with Crippen LogP contribution in [0.3, 0.4) is 0 Å². The van der Waals surface area contributed by atoms with Crippen LogP contribution in [0.2, 0.25) is 0 Å². The van der Waals surface area contributed by atoms with Crippen molar-refractivity contribution in [3.8, 4) is 5.75 Å². The molecule has 34 heavy (non-hydrogen) atoms. The molecular formula is C26H32N2O5S. The van der Waals surface area contributed by atoms with E-state index < -0.39 is 5.25 Å². The summed E-state index contributed by atoms with van der Waals surface area (Å²) in [5, 5.41) is -0.896.